The Hall–Kier alpha value is -3.01. The minimum absolute atomic E-state index is 0.129. The topological polar surface area (TPSA) is 9.23 Å². The fraction of sp³-hybridized carbons (Fsp3) is 0.333. The average molecular weight is 465 g/mol. The van der Waals surface area contributed by atoms with Crippen molar-refractivity contribution in [2.75, 3.05) is 7.11 Å². The summed E-state index contributed by atoms with van der Waals surface area (Å²) in [5.41, 5.74) is 3.12. The number of allylic oxidation sites excluding steroid dienone is 2. The Morgan fingerprint density at radius 2 is 1.50 bits per heavy atom. The van der Waals surface area contributed by atoms with Crippen LogP contribution in [0.3, 0.4) is 0 Å². The van der Waals surface area contributed by atoms with Crippen LogP contribution in [0.25, 0.3) is 22.3 Å². The molecule has 0 radical (unpaired) electrons. The van der Waals surface area contributed by atoms with E-state index in [9.17, 15) is 8.78 Å². The maximum atomic E-state index is 15.1. The molecule has 0 amide bonds. The van der Waals surface area contributed by atoms with Gasteiger partial charge in [-0.05, 0) is 97.7 Å². The van der Waals surface area contributed by atoms with Crippen LogP contribution in [-0.2, 0) is 0 Å². The van der Waals surface area contributed by atoms with E-state index in [0.717, 1.165) is 54.7 Å². The van der Waals surface area contributed by atoms with Crippen LogP contribution in [0.5, 0.6) is 5.75 Å². The molecule has 1 saturated carbocycles. The molecule has 1 aliphatic carbocycles. The van der Waals surface area contributed by atoms with Crippen LogP contribution in [0.4, 0.5) is 13.2 Å². The molecule has 4 heteroatoms. The molecule has 0 saturated heterocycles. The number of hydrogen-bond donors (Lipinski definition) is 0. The number of halogens is 3. The molecule has 0 atom stereocenters. The Kier molecular flexibility index (Phi) is 7.77. The van der Waals surface area contributed by atoms with Crippen molar-refractivity contribution < 1.29 is 17.9 Å². The summed E-state index contributed by atoms with van der Waals surface area (Å²) < 4.78 is 48.4. The molecule has 0 spiro atoms. The van der Waals surface area contributed by atoms with Crippen LogP contribution in [-0.4, -0.2) is 7.11 Å². The molecule has 0 aromatic heterocycles. The third kappa shape index (κ3) is 5.22. The maximum absolute atomic E-state index is 15.1. The third-order valence-electron chi connectivity index (χ3n) is 7.06. The van der Waals surface area contributed by atoms with Gasteiger partial charge in [-0.3, -0.25) is 0 Å². The number of methoxy groups -OCH3 is 1. The van der Waals surface area contributed by atoms with Gasteiger partial charge in [-0.25, -0.2) is 8.78 Å². The van der Waals surface area contributed by atoms with Gasteiger partial charge in [-0.1, -0.05) is 48.6 Å². The quantitative estimate of drug-likeness (QED) is 0.317. The lowest BCUT2D eigenvalue weighted by atomic mass is 9.77. The summed E-state index contributed by atoms with van der Waals surface area (Å²) in [6.45, 7) is 2.06. The van der Waals surface area contributed by atoms with E-state index in [4.69, 9.17) is 4.74 Å². The van der Waals surface area contributed by atoms with Gasteiger partial charge < -0.3 is 4.74 Å². The molecule has 0 aliphatic heterocycles. The third-order valence-corrected chi connectivity index (χ3v) is 7.06. The summed E-state index contributed by atoms with van der Waals surface area (Å²) in [7, 11) is 1.30. The Labute approximate surface area is 200 Å². The normalized spacial score (nSPS) is 18.4. The zero-order valence-corrected chi connectivity index (χ0v) is 19.8. The van der Waals surface area contributed by atoms with E-state index in [1.807, 2.05) is 12.1 Å². The van der Waals surface area contributed by atoms with Crippen LogP contribution in [0.1, 0.15) is 56.9 Å². The molecular weight excluding hydrogens is 433 g/mol. The maximum Gasteiger partial charge on any atom is 0.201 e. The van der Waals surface area contributed by atoms with E-state index in [1.165, 1.54) is 25.7 Å². The first kappa shape index (κ1) is 24.1. The van der Waals surface area contributed by atoms with Gasteiger partial charge in [0.2, 0.25) is 5.82 Å². The highest BCUT2D eigenvalue weighted by atomic mass is 19.2. The molecule has 1 fully saturated rings. The first-order valence-corrected chi connectivity index (χ1v) is 12.0. The molecule has 3 aromatic carbocycles. The lowest BCUT2D eigenvalue weighted by Crippen LogP contribution is -2.14. The fourth-order valence-electron chi connectivity index (χ4n) is 5.05. The van der Waals surface area contributed by atoms with Crippen LogP contribution in [0.2, 0.25) is 0 Å². The summed E-state index contributed by atoms with van der Waals surface area (Å²) in [4.78, 5) is 0. The summed E-state index contributed by atoms with van der Waals surface area (Å²) >= 11 is 0. The average Bonchev–Trinajstić information content (AvgIpc) is 2.86. The van der Waals surface area contributed by atoms with E-state index in [-0.39, 0.29) is 23.0 Å². The van der Waals surface area contributed by atoms with Gasteiger partial charge in [0.05, 0.1) is 7.11 Å². The van der Waals surface area contributed by atoms with Crippen LogP contribution >= 0.6 is 0 Å². The summed E-state index contributed by atoms with van der Waals surface area (Å²) in [6.07, 6.45) is 11.1. The van der Waals surface area contributed by atoms with Gasteiger partial charge >= 0.3 is 0 Å². The van der Waals surface area contributed by atoms with Gasteiger partial charge in [-0.15, -0.1) is 0 Å². The highest BCUT2D eigenvalue weighted by Crippen LogP contribution is 2.39. The highest BCUT2D eigenvalue weighted by molar-refractivity contribution is 5.71. The van der Waals surface area contributed by atoms with Gasteiger partial charge in [0, 0.05) is 5.56 Å². The molecule has 1 nitrogen and oxygen atoms in total. The Bertz CT molecular complexity index is 1140. The largest absolute Gasteiger partial charge is 0.494 e. The molecule has 0 unspecified atom stereocenters. The van der Waals surface area contributed by atoms with E-state index in [0.29, 0.717) is 5.56 Å². The minimum Gasteiger partial charge on any atom is -0.494 e. The van der Waals surface area contributed by atoms with Crippen molar-refractivity contribution >= 4 is 0 Å². The number of rotatable bonds is 7. The van der Waals surface area contributed by atoms with Crippen molar-refractivity contribution in [3.63, 3.8) is 0 Å². The SMILES string of the molecule is CC=CCCC1CCC(c2ccc(-c3ccc(-c4ccc(OC)c(F)c4F)cc3)cc2F)CC1. The first-order chi connectivity index (χ1) is 16.5. The van der Waals surface area contributed by atoms with Crippen molar-refractivity contribution in [3.05, 3.63) is 89.8 Å². The second-order valence-corrected chi connectivity index (χ2v) is 9.12. The molecule has 0 bridgehead atoms. The number of benzene rings is 3. The van der Waals surface area contributed by atoms with Crippen molar-refractivity contribution in [3.8, 4) is 28.0 Å². The van der Waals surface area contributed by atoms with Crippen LogP contribution in [0.15, 0.2) is 66.7 Å². The standard InChI is InChI=1S/C30H31F3O/c1-3-4-5-6-20-7-9-22(10-8-20)25-16-15-24(19-27(25)31)21-11-13-23(14-12-21)26-17-18-28(34-2)30(33)29(26)32/h3-4,11-20,22H,5-10H2,1-2H3. The fourth-order valence-corrected chi connectivity index (χ4v) is 5.05. The summed E-state index contributed by atoms with van der Waals surface area (Å²) in [6, 6.07) is 15.4. The van der Waals surface area contributed by atoms with E-state index < -0.39 is 11.6 Å². The predicted molar refractivity (Wildman–Crippen MR) is 132 cm³/mol. The highest BCUT2D eigenvalue weighted by Gasteiger charge is 2.24. The molecule has 178 valence electrons. The zero-order chi connectivity index (χ0) is 24.1. The van der Waals surface area contributed by atoms with E-state index in [2.05, 4.69) is 19.1 Å². The molecule has 0 heterocycles. The predicted octanol–water partition coefficient (Wildman–Crippen LogP) is 9.08. The molecular formula is C30H31F3O. The second-order valence-electron chi connectivity index (χ2n) is 9.12. The Balaban J connectivity index is 1.46. The summed E-state index contributed by atoms with van der Waals surface area (Å²) in [5, 5.41) is 0. The van der Waals surface area contributed by atoms with E-state index >= 15 is 4.39 Å². The van der Waals surface area contributed by atoms with Gasteiger partial charge in [0.15, 0.2) is 11.6 Å². The molecule has 4 rings (SSSR count). The van der Waals surface area contributed by atoms with Crippen molar-refractivity contribution in [2.24, 2.45) is 5.92 Å². The second kappa shape index (κ2) is 10.9. The van der Waals surface area contributed by atoms with E-state index in [1.54, 1.807) is 30.3 Å². The number of ether oxygens (including phenoxy) is 1. The van der Waals surface area contributed by atoms with Gasteiger partial charge in [0.1, 0.15) is 5.82 Å². The van der Waals surface area contributed by atoms with Crippen molar-refractivity contribution in [1.29, 1.82) is 0 Å². The lowest BCUT2D eigenvalue weighted by molar-refractivity contribution is 0.308. The first-order valence-electron chi connectivity index (χ1n) is 12.0. The summed E-state index contributed by atoms with van der Waals surface area (Å²) in [5.74, 6) is -1.22. The monoisotopic (exact) mass is 464 g/mol. The van der Waals surface area contributed by atoms with Gasteiger partial charge in [-0.2, -0.15) is 4.39 Å². The van der Waals surface area contributed by atoms with Crippen LogP contribution in [0, 0.1) is 23.4 Å². The van der Waals surface area contributed by atoms with Crippen LogP contribution < -0.4 is 4.74 Å². The lowest BCUT2D eigenvalue weighted by Gasteiger charge is -2.29. The Morgan fingerprint density at radius 3 is 2.15 bits per heavy atom. The molecule has 34 heavy (non-hydrogen) atoms. The molecule has 3 aromatic rings. The zero-order valence-electron chi connectivity index (χ0n) is 19.8. The smallest absolute Gasteiger partial charge is 0.201 e. The minimum atomic E-state index is -1.01. The van der Waals surface area contributed by atoms with Gasteiger partial charge in [0.25, 0.3) is 0 Å². The molecule has 1 aliphatic rings. The Morgan fingerprint density at radius 1 is 0.824 bits per heavy atom. The van der Waals surface area contributed by atoms with Crippen molar-refractivity contribution in [2.45, 2.75) is 51.4 Å². The molecule has 0 N–H and O–H groups in total. The van der Waals surface area contributed by atoms with Crippen molar-refractivity contribution in [1.82, 2.24) is 0 Å². The number of hydrogen-bond acceptors (Lipinski definition) is 1.